The third-order valence-electron chi connectivity index (χ3n) is 5.74. The lowest BCUT2D eigenvalue weighted by atomic mass is 9.83. The van der Waals surface area contributed by atoms with Crippen LogP contribution in [-0.4, -0.2) is 47.4 Å². The molecule has 0 aromatic heterocycles. The van der Waals surface area contributed by atoms with Crippen LogP contribution < -0.4 is 24.8 Å². The molecule has 1 saturated carbocycles. The van der Waals surface area contributed by atoms with Gasteiger partial charge in [0.05, 0.1) is 21.3 Å². The molecule has 1 aromatic rings. The lowest BCUT2D eigenvalue weighted by molar-refractivity contribution is 0.283. The Morgan fingerprint density at radius 3 is 2.30 bits per heavy atom. The fraction of sp³-hybridized carbons (Fsp3) is 0.667. The van der Waals surface area contributed by atoms with Crippen LogP contribution in [0.5, 0.6) is 17.2 Å². The Kier molecular flexibility index (Phi) is 8.07. The summed E-state index contributed by atoms with van der Waals surface area (Å²) in [6.45, 7) is 4.04. The fourth-order valence-electron chi connectivity index (χ4n) is 3.95. The highest BCUT2D eigenvalue weighted by atomic mass is 16.5. The van der Waals surface area contributed by atoms with Crippen LogP contribution in [0.3, 0.4) is 0 Å². The molecule has 1 aliphatic rings. The molecule has 6 heteroatoms. The number of ether oxygens (including phenoxy) is 3. The van der Waals surface area contributed by atoms with E-state index < -0.39 is 0 Å². The molecule has 0 aliphatic heterocycles. The zero-order chi connectivity index (χ0) is 19.7. The average Bonchev–Trinajstić information content (AvgIpc) is 3.19. The second-order valence-corrected chi connectivity index (χ2v) is 7.16. The van der Waals surface area contributed by atoms with Crippen LogP contribution in [0.25, 0.3) is 0 Å². The molecular weight excluding hydrogens is 342 g/mol. The highest BCUT2D eigenvalue weighted by molar-refractivity contribution is 5.79. The monoisotopic (exact) mass is 377 g/mol. The highest BCUT2D eigenvalue weighted by Gasteiger charge is 2.31. The van der Waals surface area contributed by atoms with Crippen LogP contribution in [0.15, 0.2) is 17.1 Å². The van der Waals surface area contributed by atoms with Gasteiger partial charge in [0, 0.05) is 25.7 Å². The van der Waals surface area contributed by atoms with E-state index in [-0.39, 0.29) is 0 Å². The summed E-state index contributed by atoms with van der Waals surface area (Å²) in [6, 6.07) is 3.93. The van der Waals surface area contributed by atoms with E-state index in [9.17, 15) is 0 Å². The first-order chi connectivity index (χ1) is 13.1. The molecular formula is C21H35N3O3. The Morgan fingerprint density at radius 1 is 1.04 bits per heavy atom. The van der Waals surface area contributed by atoms with Crippen molar-refractivity contribution < 1.29 is 14.2 Å². The van der Waals surface area contributed by atoms with Crippen molar-refractivity contribution >= 4 is 5.96 Å². The van der Waals surface area contributed by atoms with Crippen molar-refractivity contribution in [3.63, 3.8) is 0 Å². The predicted octanol–water partition coefficient (Wildman–Crippen LogP) is 3.39. The molecule has 0 bridgehead atoms. The first-order valence-corrected chi connectivity index (χ1v) is 9.85. The number of hydrogen-bond acceptors (Lipinski definition) is 4. The Balaban J connectivity index is 1.92. The minimum Gasteiger partial charge on any atom is -0.493 e. The Labute approximate surface area is 163 Å². The van der Waals surface area contributed by atoms with Crippen LogP contribution in [0.2, 0.25) is 0 Å². The van der Waals surface area contributed by atoms with Crippen molar-refractivity contribution in [3.8, 4) is 17.2 Å². The Hall–Kier alpha value is -2.11. The molecule has 0 saturated heterocycles. The minimum absolute atomic E-state index is 0.435. The molecule has 1 aliphatic carbocycles. The van der Waals surface area contributed by atoms with Gasteiger partial charge in [-0.25, -0.2) is 0 Å². The van der Waals surface area contributed by atoms with Crippen molar-refractivity contribution in [2.24, 2.45) is 10.4 Å². The first kappa shape index (κ1) is 21.2. The summed E-state index contributed by atoms with van der Waals surface area (Å²) in [5.41, 5.74) is 1.50. The number of benzene rings is 1. The molecule has 0 spiro atoms. The van der Waals surface area contributed by atoms with Crippen LogP contribution in [0.1, 0.15) is 44.6 Å². The zero-order valence-corrected chi connectivity index (χ0v) is 17.5. The SMILES string of the molecule is CCC1(CNC(=NC)NCCc2ccc(OC)c(OC)c2OC)CCCC1. The Morgan fingerprint density at radius 2 is 1.74 bits per heavy atom. The number of nitrogens with zero attached hydrogens (tertiary/aromatic N) is 1. The van der Waals surface area contributed by atoms with E-state index in [1.807, 2.05) is 19.2 Å². The molecule has 1 fully saturated rings. The topological polar surface area (TPSA) is 64.1 Å². The lowest BCUT2D eigenvalue weighted by Crippen LogP contribution is -2.43. The molecule has 0 atom stereocenters. The van der Waals surface area contributed by atoms with Gasteiger partial charge in [0.1, 0.15) is 0 Å². The maximum Gasteiger partial charge on any atom is 0.203 e. The first-order valence-electron chi connectivity index (χ1n) is 9.85. The Bertz CT molecular complexity index is 625. The molecule has 0 amide bonds. The summed E-state index contributed by atoms with van der Waals surface area (Å²) >= 11 is 0. The summed E-state index contributed by atoms with van der Waals surface area (Å²) < 4.78 is 16.4. The van der Waals surface area contributed by atoms with Gasteiger partial charge in [0.25, 0.3) is 0 Å². The van der Waals surface area contributed by atoms with Crippen LogP contribution in [0, 0.1) is 5.41 Å². The fourth-order valence-corrected chi connectivity index (χ4v) is 3.95. The van der Waals surface area contributed by atoms with Crippen molar-refractivity contribution in [1.82, 2.24) is 10.6 Å². The largest absolute Gasteiger partial charge is 0.493 e. The number of aliphatic imine (C=N–C) groups is 1. The normalized spacial score (nSPS) is 16.1. The van der Waals surface area contributed by atoms with Crippen LogP contribution >= 0.6 is 0 Å². The summed E-state index contributed by atoms with van der Waals surface area (Å²) in [7, 11) is 6.72. The summed E-state index contributed by atoms with van der Waals surface area (Å²) in [5.74, 6) is 2.88. The molecule has 0 radical (unpaired) electrons. The van der Waals surface area contributed by atoms with Gasteiger partial charge in [-0.1, -0.05) is 25.8 Å². The molecule has 152 valence electrons. The summed E-state index contributed by atoms with van der Waals surface area (Å²) in [6.07, 6.45) is 7.34. The molecule has 1 aromatic carbocycles. The molecule has 0 heterocycles. The molecule has 2 N–H and O–H groups in total. The zero-order valence-electron chi connectivity index (χ0n) is 17.5. The third kappa shape index (κ3) is 5.21. The van der Waals surface area contributed by atoms with E-state index in [2.05, 4.69) is 22.5 Å². The molecule has 27 heavy (non-hydrogen) atoms. The number of nitrogens with one attached hydrogen (secondary N) is 2. The smallest absolute Gasteiger partial charge is 0.203 e. The van der Waals surface area contributed by atoms with E-state index in [4.69, 9.17) is 14.2 Å². The van der Waals surface area contributed by atoms with Gasteiger partial charge >= 0.3 is 0 Å². The number of guanidine groups is 1. The third-order valence-corrected chi connectivity index (χ3v) is 5.74. The van der Waals surface area contributed by atoms with Gasteiger partial charge in [-0.05, 0) is 37.2 Å². The van der Waals surface area contributed by atoms with Gasteiger partial charge < -0.3 is 24.8 Å². The van der Waals surface area contributed by atoms with Gasteiger partial charge in [-0.2, -0.15) is 0 Å². The van der Waals surface area contributed by atoms with E-state index >= 15 is 0 Å². The predicted molar refractivity (Wildman–Crippen MR) is 110 cm³/mol. The number of methoxy groups -OCH3 is 3. The van der Waals surface area contributed by atoms with Gasteiger partial charge in [0.2, 0.25) is 5.75 Å². The second-order valence-electron chi connectivity index (χ2n) is 7.16. The maximum atomic E-state index is 5.56. The van der Waals surface area contributed by atoms with Crippen LogP contribution in [0.4, 0.5) is 0 Å². The number of hydrogen-bond donors (Lipinski definition) is 2. The molecule has 0 unspecified atom stereocenters. The van der Waals surface area contributed by atoms with Gasteiger partial charge in [-0.3, -0.25) is 4.99 Å². The second kappa shape index (κ2) is 10.3. The van der Waals surface area contributed by atoms with Crippen LogP contribution in [-0.2, 0) is 6.42 Å². The minimum atomic E-state index is 0.435. The average molecular weight is 378 g/mol. The highest BCUT2D eigenvalue weighted by Crippen LogP contribution is 2.40. The van der Waals surface area contributed by atoms with E-state index in [1.54, 1.807) is 21.3 Å². The van der Waals surface area contributed by atoms with Crippen molar-refractivity contribution in [2.75, 3.05) is 41.5 Å². The number of rotatable bonds is 9. The van der Waals surface area contributed by atoms with Gasteiger partial charge in [-0.15, -0.1) is 0 Å². The van der Waals surface area contributed by atoms with E-state index in [1.165, 1.54) is 32.1 Å². The van der Waals surface area contributed by atoms with E-state index in [0.29, 0.717) is 16.9 Å². The lowest BCUT2D eigenvalue weighted by Gasteiger charge is -2.28. The standard InChI is InChI=1S/C21H35N3O3/c1-6-21(12-7-8-13-21)15-24-20(22-2)23-14-11-16-9-10-17(25-3)19(27-5)18(16)26-4/h9-10H,6-8,11-15H2,1-5H3,(H2,22,23,24). The van der Waals surface area contributed by atoms with Gasteiger partial charge in [0.15, 0.2) is 17.5 Å². The molecule has 2 rings (SSSR count). The van der Waals surface area contributed by atoms with Crippen molar-refractivity contribution in [2.45, 2.75) is 45.4 Å². The van der Waals surface area contributed by atoms with E-state index in [0.717, 1.165) is 36.8 Å². The summed E-state index contributed by atoms with van der Waals surface area (Å²) in [4.78, 5) is 4.37. The maximum absolute atomic E-state index is 5.56. The van der Waals surface area contributed by atoms with Crippen molar-refractivity contribution in [3.05, 3.63) is 17.7 Å². The molecule has 6 nitrogen and oxygen atoms in total. The van der Waals surface area contributed by atoms with Crippen molar-refractivity contribution in [1.29, 1.82) is 0 Å². The quantitative estimate of drug-likeness (QED) is 0.510. The summed E-state index contributed by atoms with van der Waals surface area (Å²) in [5, 5.41) is 6.93.